The molecular formula is C35H41F3O2. The molecular weight excluding hydrogens is 509 g/mol. The van der Waals surface area contributed by atoms with Crippen molar-refractivity contribution in [1.82, 2.24) is 0 Å². The Labute approximate surface area is 237 Å². The Bertz CT molecular complexity index is 1240. The molecule has 1 aliphatic rings. The highest BCUT2D eigenvalue weighted by molar-refractivity contribution is 5.71. The van der Waals surface area contributed by atoms with Crippen LogP contribution >= 0.6 is 0 Å². The number of halogens is 3. The average molecular weight is 551 g/mol. The van der Waals surface area contributed by atoms with Crippen LogP contribution in [0.5, 0.6) is 0 Å². The summed E-state index contributed by atoms with van der Waals surface area (Å²) in [6.07, 6.45) is 13.1. The van der Waals surface area contributed by atoms with Crippen molar-refractivity contribution in [2.45, 2.75) is 77.9 Å². The van der Waals surface area contributed by atoms with Gasteiger partial charge < -0.3 is 9.47 Å². The largest absolute Gasteiger partial charge is 0.348 e. The first-order chi connectivity index (χ1) is 19.5. The SMILES string of the molecule is CC=CC1COC(c2ccc(-c3ccc(-c4ccc(CCCCCCCCCC)c(F)c4F)cc3)cc2F)OC1. The molecule has 3 aromatic carbocycles. The summed E-state index contributed by atoms with van der Waals surface area (Å²) in [5.74, 6) is -1.81. The van der Waals surface area contributed by atoms with Crippen LogP contribution in [0.4, 0.5) is 13.2 Å². The van der Waals surface area contributed by atoms with Crippen molar-refractivity contribution < 1.29 is 22.6 Å². The third-order valence-electron chi connectivity index (χ3n) is 7.63. The first-order valence-electron chi connectivity index (χ1n) is 14.7. The molecule has 0 amide bonds. The van der Waals surface area contributed by atoms with Crippen LogP contribution in [0, 0.1) is 23.4 Å². The van der Waals surface area contributed by atoms with Crippen molar-refractivity contribution in [2.75, 3.05) is 13.2 Å². The summed E-state index contributed by atoms with van der Waals surface area (Å²) in [4.78, 5) is 0. The summed E-state index contributed by atoms with van der Waals surface area (Å²) >= 11 is 0. The Morgan fingerprint density at radius 2 is 1.35 bits per heavy atom. The molecule has 1 saturated heterocycles. The van der Waals surface area contributed by atoms with Gasteiger partial charge in [0.05, 0.1) is 13.2 Å². The Morgan fingerprint density at radius 3 is 2.00 bits per heavy atom. The molecule has 0 N–H and O–H groups in total. The molecule has 1 fully saturated rings. The minimum atomic E-state index is -0.815. The van der Waals surface area contributed by atoms with E-state index in [1.807, 2.05) is 25.1 Å². The maximum absolute atomic E-state index is 15.0. The molecule has 0 saturated carbocycles. The van der Waals surface area contributed by atoms with Crippen LogP contribution < -0.4 is 0 Å². The van der Waals surface area contributed by atoms with Gasteiger partial charge in [0.15, 0.2) is 17.9 Å². The fourth-order valence-electron chi connectivity index (χ4n) is 5.28. The van der Waals surface area contributed by atoms with Crippen LogP contribution in [0.1, 0.15) is 82.6 Å². The summed E-state index contributed by atoms with van der Waals surface area (Å²) in [7, 11) is 0. The average Bonchev–Trinajstić information content (AvgIpc) is 2.97. The third-order valence-corrected chi connectivity index (χ3v) is 7.63. The lowest BCUT2D eigenvalue weighted by Crippen LogP contribution is -2.26. The van der Waals surface area contributed by atoms with Gasteiger partial charge in [0, 0.05) is 17.0 Å². The van der Waals surface area contributed by atoms with Crippen LogP contribution in [0.15, 0.2) is 66.7 Å². The fraction of sp³-hybridized carbons (Fsp3) is 0.429. The van der Waals surface area contributed by atoms with E-state index in [9.17, 15) is 8.78 Å². The van der Waals surface area contributed by atoms with E-state index in [0.717, 1.165) is 24.8 Å². The lowest BCUT2D eigenvalue weighted by atomic mass is 9.97. The van der Waals surface area contributed by atoms with Crippen LogP contribution in [-0.4, -0.2) is 13.2 Å². The van der Waals surface area contributed by atoms with Gasteiger partial charge in [0.2, 0.25) is 0 Å². The van der Waals surface area contributed by atoms with Gasteiger partial charge in [0.1, 0.15) is 5.82 Å². The van der Waals surface area contributed by atoms with Gasteiger partial charge >= 0.3 is 0 Å². The maximum Gasteiger partial charge on any atom is 0.186 e. The van der Waals surface area contributed by atoms with Crippen LogP contribution in [0.3, 0.4) is 0 Å². The zero-order valence-corrected chi connectivity index (χ0v) is 23.7. The highest BCUT2D eigenvalue weighted by Gasteiger charge is 2.24. The topological polar surface area (TPSA) is 18.5 Å². The highest BCUT2D eigenvalue weighted by atomic mass is 19.2. The molecule has 1 aliphatic heterocycles. The first kappa shape index (κ1) is 30.1. The predicted octanol–water partition coefficient (Wildman–Crippen LogP) is 10.4. The Morgan fingerprint density at radius 1 is 0.725 bits per heavy atom. The number of hydrogen-bond donors (Lipinski definition) is 0. The van der Waals surface area contributed by atoms with Crippen LogP contribution in [0.2, 0.25) is 0 Å². The minimum Gasteiger partial charge on any atom is -0.348 e. The van der Waals surface area contributed by atoms with Gasteiger partial charge in [-0.2, -0.15) is 0 Å². The van der Waals surface area contributed by atoms with Gasteiger partial charge in [-0.3, -0.25) is 0 Å². The van der Waals surface area contributed by atoms with Gasteiger partial charge in [-0.1, -0.05) is 113 Å². The molecule has 4 rings (SSSR count). The number of aryl methyl sites for hydroxylation is 1. The van der Waals surface area contributed by atoms with E-state index in [0.29, 0.717) is 41.9 Å². The predicted molar refractivity (Wildman–Crippen MR) is 156 cm³/mol. The molecule has 0 aromatic heterocycles. The molecule has 0 radical (unpaired) electrons. The monoisotopic (exact) mass is 550 g/mol. The molecule has 0 bridgehead atoms. The van der Waals surface area contributed by atoms with Crippen molar-refractivity contribution in [3.8, 4) is 22.3 Å². The molecule has 3 aromatic rings. The van der Waals surface area contributed by atoms with Crippen molar-refractivity contribution in [2.24, 2.45) is 5.92 Å². The van der Waals surface area contributed by atoms with Gasteiger partial charge in [-0.15, -0.1) is 0 Å². The number of rotatable bonds is 13. The molecule has 214 valence electrons. The summed E-state index contributed by atoms with van der Waals surface area (Å²) < 4.78 is 56.3. The fourth-order valence-corrected chi connectivity index (χ4v) is 5.28. The second-order valence-corrected chi connectivity index (χ2v) is 10.7. The van der Waals surface area contributed by atoms with E-state index in [4.69, 9.17) is 9.47 Å². The van der Waals surface area contributed by atoms with Crippen LogP contribution in [-0.2, 0) is 15.9 Å². The number of benzene rings is 3. The summed E-state index contributed by atoms with van der Waals surface area (Å²) in [5.41, 5.74) is 3.07. The number of hydrogen-bond acceptors (Lipinski definition) is 2. The quantitative estimate of drug-likeness (QED) is 0.156. The van der Waals surface area contributed by atoms with Crippen molar-refractivity contribution >= 4 is 0 Å². The molecule has 2 nitrogen and oxygen atoms in total. The smallest absolute Gasteiger partial charge is 0.186 e. The molecule has 5 heteroatoms. The molecule has 0 unspecified atom stereocenters. The normalized spacial score (nSPS) is 17.5. The summed E-state index contributed by atoms with van der Waals surface area (Å²) in [6, 6.07) is 15.4. The summed E-state index contributed by atoms with van der Waals surface area (Å²) in [6.45, 7) is 5.12. The zero-order valence-electron chi connectivity index (χ0n) is 23.7. The van der Waals surface area contributed by atoms with Crippen molar-refractivity contribution in [3.05, 3.63) is 95.3 Å². The van der Waals surface area contributed by atoms with E-state index < -0.39 is 23.7 Å². The first-order valence-corrected chi connectivity index (χ1v) is 14.7. The lowest BCUT2D eigenvalue weighted by Gasteiger charge is -2.28. The Hall–Kier alpha value is -2.89. The zero-order chi connectivity index (χ0) is 28.3. The second-order valence-electron chi connectivity index (χ2n) is 10.7. The number of ether oxygens (including phenoxy) is 2. The van der Waals surface area contributed by atoms with Gasteiger partial charge in [-0.25, -0.2) is 13.2 Å². The number of unbranched alkanes of at least 4 members (excludes halogenated alkanes) is 7. The molecule has 0 aliphatic carbocycles. The van der Waals surface area contributed by atoms with E-state index in [2.05, 4.69) is 6.92 Å². The minimum absolute atomic E-state index is 0.173. The second kappa shape index (κ2) is 15.2. The molecule has 40 heavy (non-hydrogen) atoms. The standard InChI is InChI=1S/C35H41F3O2/c1-3-5-6-7-8-9-10-11-13-28-18-20-30(34(38)33(28)37)27-16-14-26(15-17-27)29-19-21-31(32(36)22-29)35-39-23-25(12-4-2)24-40-35/h4,12,14-22,25,35H,3,5-11,13,23-24H2,1-2H3. The van der Waals surface area contributed by atoms with Crippen molar-refractivity contribution in [1.29, 1.82) is 0 Å². The molecule has 1 heterocycles. The highest BCUT2D eigenvalue weighted by Crippen LogP contribution is 2.32. The Kier molecular flexibility index (Phi) is 11.4. The maximum atomic E-state index is 15.0. The van der Waals surface area contributed by atoms with E-state index in [1.54, 1.807) is 42.5 Å². The van der Waals surface area contributed by atoms with Gasteiger partial charge in [-0.05, 0) is 48.1 Å². The van der Waals surface area contributed by atoms with Gasteiger partial charge in [0.25, 0.3) is 0 Å². The van der Waals surface area contributed by atoms with Crippen molar-refractivity contribution in [3.63, 3.8) is 0 Å². The van der Waals surface area contributed by atoms with E-state index in [-0.39, 0.29) is 11.5 Å². The number of allylic oxidation sites excluding steroid dienone is 1. The van der Waals surface area contributed by atoms with E-state index >= 15 is 4.39 Å². The molecule has 0 spiro atoms. The molecule has 0 atom stereocenters. The third kappa shape index (κ3) is 7.86. The van der Waals surface area contributed by atoms with E-state index in [1.165, 1.54) is 38.2 Å². The van der Waals surface area contributed by atoms with Crippen LogP contribution in [0.25, 0.3) is 22.3 Å². The lowest BCUT2D eigenvalue weighted by molar-refractivity contribution is -0.198. The Balaban J connectivity index is 1.36. The summed E-state index contributed by atoms with van der Waals surface area (Å²) in [5, 5.41) is 0.